The highest BCUT2D eigenvalue weighted by Crippen LogP contribution is 2.42. The van der Waals surface area contributed by atoms with E-state index in [1.807, 2.05) is 0 Å². The van der Waals surface area contributed by atoms with E-state index in [9.17, 15) is 4.57 Å². The van der Waals surface area contributed by atoms with Gasteiger partial charge in [-0.3, -0.25) is 4.57 Å². The molecule has 15 heavy (non-hydrogen) atoms. The number of rotatable bonds is 4. The van der Waals surface area contributed by atoms with E-state index in [4.69, 9.17) is 20.6 Å². The third-order valence-corrected chi connectivity index (χ3v) is 3.50. The van der Waals surface area contributed by atoms with Crippen LogP contribution in [0, 0.1) is 0 Å². The zero-order valence-electron chi connectivity index (χ0n) is 8.08. The molecular formula is C9H14NO4P. The highest BCUT2D eigenvalue weighted by molar-refractivity contribution is 7.52. The topological polar surface area (TPSA) is 104 Å². The molecule has 0 fully saturated rings. The molecule has 0 spiro atoms. The summed E-state index contributed by atoms with van der Waals surface area (Å²) >= 11 is 0. The monoisotopic (exact) mass is 231 g/mol. The fraction of sp³-hybridized carbons (Fsp3) is 0.333. The van der Waals surface area contributed by atoms with Gasteiger partial charge in [0, 0.05) is 6.54 Å². The summed E-state index contributed by atoms with van der Waals surface area (Å²) < 4.78 is 11.0. The summed E-state index contributed by atoms with van der Waals surface area (Å²) in [4.78, 5) is 18.0. The smallest absolute Gasteiger partial charge is 0.330 e. The third-order valence-electron chi connectivity index (χ3n) is 2.16. The number of benzene rings is 1. The summed E-state index contributed by atoms with van der Waals surface area (Å²) in [5.74, 6) is 0.124. The van der Waals surface area contributed by atoms with Gasteiger partial charge < -0.3 is 20.6 Å². The molecule has 0 aromatic heterocycles. The van der Waals surface area contributed by atoms with Crippen molar-refractivity contribution < 1.29 is 19.5 Å². The molecular weight excluding hydrogens is 217 g/mol. The lowest BCUT2D eigenvalue weighted by atomic mass is 10.1. The average Bonchev–Trinajstić information content (AvgIpc) is 2.15. The van der Waals surface area contributed by atoms with Crippen LogP contribution in [0.1, 0.15) is 5.56 Å². The molecule has 0 saturated carbocycles. The molecule has 1 rings (SSSR count). The first-order valence-corrected chi connectivity index (χ1v) is 6.15. The molecule has 5 N–H and O–H groups in total. The molecule has 0 amide bonds. The molecule has 1 aromatic carbocycles. The molecule has 0 bridgehead atoms. The first-order chi connectivity index (χ1) is 6.93. The lowest BCUT2D eigenvalue weighted by Crippen LogP contribution is -2.22. The van der Waals surface area contributed by atoms with E-state index < -0.39 is 13.3 Å². The van der Waals surface area contributed by atoms with Gasteiger partial charge in [0.25, 0.3) is 0 Å². The zero-order valence-corrected chi connectivity index (χ0v) is 8.97. The van der Waals surface area contributed by atoms with Crippen LogP contribution in [0.15, 0.2) is 24.3 Å². The molecule has 0 aliphatic heterocycles. The summed E-state index contributed by atoms with van der Waals surface area (Å²) in [6.07, 6.45) is 0.209. The highest BCUT2D eigenvalue weighted by atomic mass is 31.2. The summed E-state index contributed by atoms with van der Waals surface area (Å²) in [5, 5.41) is 9.03. The van der Waals surface area contributed by atoms with Crippen LogP contribution >= 0.6 is 7.60 Å². The minimum atomic E-state index is -4.14. The Hall–Kier alpha value is -0.870. The Morgan fingerprint density at radius 3 is 2.20 bits per heavy atom. The van der Waals surface area contributed by atoms with Crippen LogP contribution in [-0.4, -0.2) is 27.1 Å². The maximum Gasteiger partial charge on any atom is 0.330 e. The minimum Gasteiger partial charge on any atom is -0.508 e. The van der Waals surface area contributed by atoms with Crippen LogP contribution in [0.5, 0.6) is 5.75 Å². The molecule has 0 aliphatic carbocycles. The summed E-state index contributed by atoms with van der Waals surface area (Å²) in [6.45, 7) is -0.0643. The number of hydrogen-bond acceptors (Lipinski definition) is 3. The molecule has 6 heteroatoms. The molecule has 1 unspecified atom stereocenters. The van der Waals surface area contributed by atoms with Gasteiger partial charge in [-0.1, -0.05) is 12.1 Å². The molecule has 0 radical (unpaired) electrons. The Bertz CT molecular complexity index is 359. The van der Waals surface area contributed by atoms with E-state index in [0.717, 1.165) is 5.56 Å². The molecule has 5 nitrogen and oxygen atoms in total. The van der Waals surface area contributed by atoms with Gasteiger partial charge in [0.2, 0.25) is 0 Å². The van der Waals surface area contributed by atoms with Crippen LogP contribution in [0.3, 0.4) is 0 Å². The minimum absolute atomic E-state index is 0.0643. The van der Waals surface area contributed by atoms with Crippen molar-refractivity contribution in [1.29, 1.82) is 0 Å². The lowest BCUT2D eigenvalue weighted by molar-refractivity contribution is 0.357. The fourth-order valence-corrected chi connectivity index (χ4v) is 1.97. The van der Waals surface area contributed by atoms with Gasteiger partial charge in [-0.25, -0.2) is 0 Å². The molecule has 0 heterocycles. The van der Waals surface area contributed by atoms with Gasteiger partial charge in [-0.05, 0) is 24.1 Å². The van der Waals surface area contributed by atoms with E-state index in [-0.39, 0.29) is 18.7 Å². The van der Waals surface area contributed by atoms with Gasteiger partial charge in [0.05, 0.1) is 5.66 Å². The second-order valence-electron chi connectivity index (χ2n) is 3.35. The molecule has 84 valence electrons. The van der Waals surface area contributed by atoms with Gasteiger partial charge in [0.1, 0.15) is 5.75 Å². The van der Waals surface area contributed by atoms with Gasteiger partial charge in [-0.15, -0.1) is 0 Å². The predicted molar refractivity (Wildman–Crippen MR) is 56.7 cm³/mol. The second-order valence-corrected chi connectivity index (χ2v) is 5.26. The molecule has 0 aliphatic rings. The fourth-order valence-electron chi connectivity index (χ4n) is 1.24. The zero-order chi connectivity index (χ0) is 11.5. The van der Waals surface area contributed by atoms with Crippen LogP contribution in [0.25, 0.3) is 0 Å². The molecule has 1 atom stereocenters. The van der Waals surface area contributed by atoms with Crippen LogP contribution in [0.2, 0.25) is 0 Å². The van der Waals surface area contributed by atoms with Crippen LogP contribution in [-0.2, 0) is 11.0 Å². The third kappa shape index (κ3) is 3.64. The first-order valence-electron chi connectivity index (χ1n) is 4.46. The lowest BCUT2D eigenvalue weighted by Gasteiger charge is -2.16. The summed E-state index contributed by atoms with van der Waals surface area (Å²) in [7, 11) is -4.14. The first kappa shape index (κ1) is 12.2. The quantitative estimate of drug-likeness (QED) is 0.563. The predicted octanol–water partition coefficient (Wildman–Crippen LogP) is 0.440. The summed E-state index contributed by atoms with van der Waals surface area (Å²) in [5.41, 5.74) is 5.18. The van der Waals surface area contributed by atoms with Gasteiger partial charge in [0.15, 0.2) is 0 Å². The Morgan fingerprint density at radius 1 is 1.27 bits per heavy atom. The number of hydrogen-bond donors (Lipinski definition) is 4. The molecule has 1 aromatic rings. The van der Waals surface area contributed by atoms with E-state index in [1.54, 1.807) is 12.1 Å². The number of aromatic hydroxyl groups is 1. The Morgan fingerprint density at radius 2 is 1.80 bits per heavy atom. The van der Waals surface area contributed by atoms with Crippen LogP contribution < -0.4 is 5.73 Å². The van der Waals surface area contributed by atoms with Crippen molar-refractivity contribution in [2.75, 3.05) is 6.54 Å². The van der Waals surface area contributed by atoms with Crippen molar-refractivity contribution >= 4 is 7.60 Å². The van der Waals surface area contributed by atoms with Crippen molar-refractivity contribution in [2.45, 2.75) is 12.1 Å². The average molecular weight is 231 g/mol. The Kier molecular flexibility index (Phi) is 3.88. The summed E-state index contributed by atoms with van der Waals surface area (Å²) in [6, 6.07) is 6.19. The van der Waals surface area contributed by atoms with Crippen molar-refractivity contribution in [3.8, 4) is 5.75 Å². The van der Waals surface area contributed by atoms with Crippen molar-refractivity contribution in [3.63, 3.8) is 0 Å². The highest BCUT2D eigenvalue weighted by Gasteiger charge is 2.27. The Balaban J connectivity index is 2.76. The van der Waals surface area contributed by atoms with Crippen molar-refractivity contribution in [2.24, 2.45) is 5.73 Å². The number of phenolic OH excluding ortho intramolecular Hbond substituents is 1. The van der Waals surface area contributed by atoms with E-state index >= 15 is 0 Å². The standard InChI is InChI=1S/C9H14NO4P/c10-6-9(15(12,13)14)5-7-1-3-8(11)4-2-7/h1-4,9,11H,5-6,10H2,(H2,12,13,14). The van der Waals surface area contributed by atoms with Gasteiger partial charge in [-0.2, -0.15) is 0 Å². The van der Waals surface area contributed by atoms with Crippen molar-refractivity contribution in [3.05, 3.63) is 29.8 Å². The van der Waals surface area contributed by atoms with E-state index in [1.165, 1.54) is 12.1 Å². The molecule has 0 saturated heterocycles. The van der Waals surface area contributed by atoms with Crippen molar-refractivity contribution in [1.82, 2.24) is 0 Å². The maximum absolute atomic E-state index is 11.0. The normalized spacial score (nSPS) is 13.8. The van der Waals surface area contributed by atoms with Gasteiger partial charge >= 0.3 is 7.60 Å². The Labute approximate surface area is 87.7 Å². The van der Waals surface area contributed by atoms with Crippen LogP contribution in [0.4, 0.5) is 0 Å². The largest absolute Gasteiger partial charge is 0.508 e. The SMILES string of the molecule is NCC(Cc1ccc(O)cc1)P(=O)(O)O. The second kappa shape index (κ2) is 4.77. The maximum atomic E-state index is 11.0. The number of phenols is 1. The number of nitrogens with two attached hydrogens (primary N) is 1. The van der Waals surface area contributed by atoms with E-state index in [0.29, 0.717) is 0 Å². The van der Waals surface area contributed by atoms with E-state index in [2.05, 4.69) is 0 Å².